The summed E-state index contributed by atoms with van der Waals surface area (Å²) < 4.78 is 5.35. The highest BCUT2D eigenvalue weighted by atomic mass is 16.5. The van der Waals surface area contributed by atoms with Crippen molar-refractivity contribution in [1.29, 1.82) is 0 Å². The quantitative estimate of drug-likeness (QED) is 0.897. The number of rotatable bonds is 3. The number of nitrogens with one attached hydrogen (secondary N) is 1. The maximum atomic E-state index is 9.91. The minimum absolute atomic E-state index is 0.188. The van der Waals surface area contributed by atoms with E-state index in [1.807, 2.05) is 25.1 Å². The molecule has 104 valence electrons. The van der Waals surface area contributed by atoms with E-state index < -0.39 is 0 Å². The van der Waals surface area contributed by atoms with Crippen LogP contribution in [0.2, 0.25) is 0 Å². The van der Waals surface area contributed by atoms with Gasteiger partial charge in [-0.05, 0) is 25.5 Å². The van der Waals surface area contributed by atoms with E-state index in [0.717, 1.165) is 24.5 Å². The molecular weight excluding hydrogens is 254 g/mol. The van der Waals surface area contributed by atoms with Crippen LogP contribution in [0.15, 0.2) is 30.3 Å². The molecule has 1 aliphatic rings. The van der Waals surface area contributed by atoms with Crippen molar-refractivity contribution in [2.24, 2.45) is 0 Å². The lowest BCUT2D eigenvalue weighted by Gasteiger charge is -2.13. The highest BCUT2D eigenvalue weighted by Crippen LogP contribution is 2.27. The number of phenolic OH excluding ortho intramolecular Hbond substituents is 1. The number of aromatic hydroxyl groups is 1. The second-order valence-electron chi connectivity index (χ2n) is 4.94. The van der Waals surface area contributed by atoms with Gasteiger partial charge in [0.25, 0.3) is 0 Å². The average Bonchev–Trinajstić information content (AvgIpc) is 2.91. The SMILES string of the molecule is Cc1cc(N[C@H]2CCOC2)nc(-c2ccccc2O)n1. The standard InChI is InChI=1S/C15H17N3O2/c1-10-8-14(17-11-6-7-20-9-11)18-15(16-10)12-4-2-3-5-13(12)19/h2-5,8,11,19H,6-7,9H2,1H3,(H,16,17,18)/t11-/m0/s1. The maximum Gasteiger partial charge on any atom is 0.165 e. The van der Waals surface area contributed by atoms with Crippen LogP contribution in [0, 0.1) is 6.92 Å². The van der Waals surface area contributed by atoms with Gasteiger partial charge in [0.1, 0.15) is 11.6 Å². The van der Waals surface area contributed by atoms with Crippen molar-refractivity contribution in [3.8, 4) is 17.1 Å². The number of ether oxygens (including phenoxy) is 1. The fourth-order valence-electron chi connectivity index (χ4n) is 2.28. The molecule has 5 nitrogen and oxygen atoms in total. The minimum atomic E-state index is 0.188. The Bertz CT molecular complexity index is 610. The predicted octanol–water partition coefficient (Wildman–Crippen LogP) is 2.36. The van der Waals surface area contributed by atoms with Gasteiger partial charge < -0.3 is 15.2 Å². The van der Waals surface area contributed by atoms with E-state index in [9.17, 15) is 5.11 Å². The first kappa shape index (κ1) is 12.9. The van der Waals surface area contributed by atoms with Gasteiger partial charge in [-0.25, -0.2) is 9.97 Å². The van der Waals surface area contributed by atoms with E-state index in [4.69, 9.17) is 4.74 Å². The normalized spacial score (nSPS) is 18.1. The van der Waals surface area contributed by atoms with Crippen LogP contribution in [0.4, 0.5) is 5.82 Å². The van der Waals surface area contributed by atoms with Crippen molar-refractivity contribution >= 4 is 5.82 Å². The highest BCUT2D eigenvalue weighted by molar-refractivity contribution is 5.64. The summed E-state index contributed by atoms with van der Waals surface area (Å²) in [6, 6.07) is 9.29. The van der Waals surface area contributed by atoms with Crippen LogP contribution in [0.5, 0.6) is 5.75 Å². The fraction of sp³-hybridized carbons (Fsp3) is 0.333. The average molecular weight is 271 g/mol. The third-order valence-electron chi connectivity index (χ3n) is 3.28. The summed E-state index contributed by atoms with van der Waals surface area (Å²) in [4.78, 5) is 8.89. The van der Waals surface area contributed by atoms with Crippen molar-refractivity contribution in [1.82, 2.24) is 9.97 Å². The molecule has 2 heterocycles. The lowest BCUT2D eigenvalue weighted by atomic mass is 10.2. The molecule has 0 unspecified atom stereocenters. The van der Waals surface area contributed by atoms with Gasteiger partial charge in [0.2, 0.25) is 0 Å². The zero-order valence-electron chi connectivity index (χ0n) is 11.3. The molecule has 1 fully saturated rings. The third-order valence-corrected chi connectivity index (χ3v) is 3.28. The molecular formula is C15H17N3O2. The summed E-state index contributed by atoms with van der Waals surface area (Å²) in [6.45, 7) is 3.41. The third kappa shape index (κ3) is 2.72. The Kier molecular flexibility index (Phi) is 3.52. The summed E-state index contributed by atoms with van der Waals surface area (Å²) in [7, 11) is 0. The highest BCUT2D eigenvalue weighted by Gasteiger charge is 2.16. The number of nitrogens with zero attached hydrogens (tertiary/aromatic N) is 2. The van der Waals surface area contributed by atoms with Crippen LogP contribution in [0.3, 0.4) is 0 Å². The molecule has 0 spiro atoms. The van der Waals surface area contributed by atoms with Crippen molar-refractivity contribution in [2.75, 3.05) is 18.5 Å². The number of phenols is 1. The second-order valence-corrected chi connectivity index (χ2v) is 4.94. The van der Waals surface area contributed by atoms with Crippen LogP contribution in [-0.4, -0.2) is 34.3 Å². The molecule has 20 heavy (non-hydrogen) atoms. The largest absolute Gasteiger partial charge is 0.507 e. The molecule has 0 aliphatic carbocycles. The van der Waals surface area contributed by atoms with E-state index in [1.165, 1.54) is 0 Å². The summed E-state index contributed by atoms with van der Waals surface area (Å²) in [5.74, 6) is 1.49. The van der Waals surface area contributed by atoms with E-state index >= 15 is 0 Å². The molecule has 0 saturated carbocycles. The number of aromatic nitrogens is 2. The number of hydrogen-bond donors (Lipinski definition) is 2. The summed E-state index contributed by atoms with van der Waals surface area (Å²) in [5, 5.41) is 13.3. The second kappa shape index (κ2) is 5.46. The number of hydrogen-bond acceptors (Lipinski definition) is 5. The molecule has 5 heteroatoms. The molecule has 0 bridgehead atoms. The Hall–Kier alpha value is -2.14. The molecule has 2 N–H and O–H groups in total. The van der Waals surface area contributed by atoms with Gasteiger partial charge in [0, 0.05) is 18.4 Å². The van der Waals surface area contributed by atoms with Gasteiger partial charge in [-0.15, -0.1) is 0 Å². The van der Waals surface area contributed by atoms with Gasteiger partial charge in [-0.2, -0.15) is 0 Å². The first-order valence-corrected chi connectivity index (χ1v) is 6.71. The van der Waals surface area contributed by atoms with Gasteiger partial charge in [0.05, 0.1) is 18.2 Å². The zero-order valence-corrected chi connectivity index (χ0v) is 11.3. The first-order valence-electron chi connectivity index (χ1n) is 6.71. The van der Waals surface area contributed by atoms with E-state index in [-0.39, 0.29) is 5.75 Å². The minimum Gasteiger partial charge on any atom is -0.507 e. The van der Waals surface area contributed by atoms with E-state index in [2.05, 4.69) is 15.3 Å². The topological polar surface area (TPSA) is 67.3 Å². The van der Waals surface area contributed by atoms with E-state index in [1.54, 1.807) is 12.1 Å². The maximum absolute atomic E-state index is 9.91. The first-order chi connectivity index (χ1) is 9.72. The molecule has 1 aliphatic heterocycles. The van der Waals surface area contributed by atoms with Crippen molar-refractivity contribution in [2.45, 2.75) is 19.4 Å². The van der Waals surface area contributed by atoms with Gasteiger partial charge in [-0.1, -0.05) is 12.1 Å². The molecule has 0 radical (unpaired) electrons. The van der Waals surface area contributed by atoms with E-state index in [0.29, 0.717) is 24.0 Å². The smallest absolute Gasteiger partial charge is 0.165 e. The fourth-order valence-corrected chi connectivity index (χ4v) is 2.28. The Labute approximate surface area is 117 Å². The molecule has 3 rings (SSSR count). The lowest BCUT2D eigenvalue weighted by Crippen LogP contribution is -2.20. The summed E-state index contributed by atoms with van der Waals surface area (Å²) >= 11 is 0. The van der Waals surface area contributed by atoms with Crippen LogP contribution in [-0.2, 0) is 4.74 Å². The monoisotopic (exact) mass is 271 g/mol. The van der Waals surface area contributed by atoms with Crippen molar-refractivity contribution in [3.05, 3.63) is 36.0 Å². The number of para-hydroxylation sites is 1. The van der Waals surface area contributed by atoms with Crippen LogP contribution in [0.25, 0.3) is 11.4 Å². The Balaban J connectivity index is 1.92. The van der Waals surface area contributed by atoms with Crippen LogP contribution in [0.1, 0.15) is 12.1 Å². The number of aryl methyl sites for hydroxylation is 1. The van der Waals surface area contributed by atoms with Gasteiger partial charge in [0.15, 0.2) is 5.82 Å². The zero-order chi connectivity index (χ0) is 13.9. The van der Waals surface area contributed by atoms with Crippen molar-refractivity contribution < 1.29 is 9.84 Å². The molecule has 2 aromatic rings. The van der Waals surface area contributed by atoms with Gasteiger partial charge >= 0.3 is 0 Å². The van der Waals surface area contributed by atoms with Crippen molar-refractivity contribution in [3.63, 3.8) is 0 Å². The lowest BCUT2D eigenvalue weighted by molar-refractivity contribution is 0.195. The van der Waals surface area contributed by atoms with Crippen LogP contribution >= 0.6 is 0 Å². The Morgan fingerprint density at radius 3 is 2.90 bits per heavy atom. The Morgan fingerprint density at radius 2 is 2.15 bits per heavy atom. The molecule has 1 saturated heterocycles. The summed E-state index contributed by atoms with van der Waals surface area (Å²) in [6.07, 6.45) is 0.981. The molecule has 0 amide bonds. The number of anilines is 1. The molecule has 1 atom stereocenters. The van der Waals surface area contributed by atoms with Crippen LogP contribution < -0.4 is 5.32 Å². The summed E-state index contributed by atoms with van der Waals surface area (Å²) in [5.41, 5.74) is 1.50. The molecule has 1 aromatic carbocycles. The molecule has 1 aromatic heterocycles. The van der Waals surface area contributed by atoms with Gasteiger partial charge in [-0.3, -0.25) is 0 Å². The Morgan fingerprint density at radius 1 is 1.30 bits per heavy atom. The predicted molar refractivity (Wildman–Crippen MR) is 76.7 cm³/mol. The number of benzene rings is 1.